The molecule has 0 aliphatic carbocycles. The number of carbonyl (C=O) groups excluding carboxylic acids is 3. The fourth-order valence-corrected chi connectivity index (χ4v) is 1.75. The van der Waals surface area contributed by atoms with Crippen LogP contribution in [0.3, 0.4) is 0 Å². The quantitative estimate of drug-likeness (QED) is 0.658. The smallest absolute Gasteiger partial charge is 0.246 e. The van der Waals surface area contributed by atoms with Crippen LogP contribution < -0.4 is 10.6 Å². The minimum absolute atomic E-state index is 0.1000. The van der Waals surface area contributed by atoms with Gasteiger partial charge in [0.2, 0.25) is 17.7 Å². The van der Waals surface area contributed by atoms with Crippen LogP contribution in [-0.2, 0) is 14.4 Å². The summed E-state index contributed by atoms with van der Waals surface area (Å²) in [5, 5.41) is 5.71. The van der Waals surface area contributed by atoms with Crippen molar-refractivity contribution in [1.82, 2.24) is 15.5 Å². The van der Waals surface area contributed by atoms with Gasteiger partial charge in [-0.05, 0) is 19.8 Å². The van der Waals surface area contributed by atoms with Crippen LogP contribution in [0.1, 0.15) is 33.1 Å². The second kappa shape index (κ2) is 6.49. The van der Waals surface area contributed by atoms with E-state index in [-0.39, 0.29) is 30.3 Å². The van der Waals surface area contributed by atoms with Crippen LogP contribution in [0.25, 0.3) is 0 Å². The molecular formula is C12H21N3O3. The average molecular weight is 255 g/mol. The third kappa shape index (κ3) is 3.80. The second-order valence-corrected chi connectivity index (χ2v) is 4.64. The summed E-state index contributed by atoms with van der Waals surface area (Å²) in [4.78, 5) is 35.7. The molecule has 102 valence electrons. The molecule has 1 fully saturated rings. The van der Waals surface area contributed by atoms with E-state index < -0.39 is 6.04 Å². The van der Waals surface area contributed by atoms with Crippen molar-refractivity contribution < 1.29 is 14.4 Å². The lowest BCUT2D eigenvalue weighted by atomic mass is 10.0. The van der Waals surface area contributed by atoms with Gasteiger partial charge in [0.1, 0.15) is 0 Å². The molecule has 0 aromatic rings. The Morgan fingerprint density at radius 3 is 2.78 bits per heavy atom. The van der Waals surface area contributed by atoms with Gasteiger partial charge in [0.25, 0.3) is 0 Å². The minimum atomic E-state index is -0.435. The van der Waals surface area contributed by atoms with Crippen LogP contribution in [-0.4, -0.2) is 48.3 Å². The standard InChI is InChI=1S/C12H21N3O3/c1-4-8(2)14-10(16)7-13-9-5-6-11(17)15(3)12(9)18/h8-9,13H,4-7H2,1-3H3,(H,14,16). The van der Waals surface area contributed by atoms with Crippen molar-refractivity contribution >= 4 is 17.7 Å². The summed E-state index contributed by atoms with van der Waals surface area (Å²) in [7, 11) is 1.47. The lowest BCUT2D eigenvalue weighted by Gasteiger charge is -2.28. The average Bonchev–Trinajstić information content (AvgIpc) is 2.35. The number of hydrogen-bond acceptors (Lipinski definition) is 4. The number of nitrogens with one attached hydrogen (secondary N) is 2. The summed E-state index contributed by atoms with van der Waals surface area (Å²) < 4.78 is 0. The van der Waals surface area contributed by atoms with E-state index in [4.69, 9.17) is 0 Å². The fraction of sp³-hybridized carbons (Fsp3) is 0.750. The first-order chi connectivity index (χ1) is 8.45. The summed E-state index contributed by atoms with van der Waals surface area (Å²) >= 11 is 0. The maximum atomic E-state index is 11.7. The Morgan fingerprint density at radius 2 is 2.17 bits per heavy atom. The molecule has 1 aliphatic heterocycles. The summed E-state index contributed by atoms with van der Waals surface area (Å²) in [5.41, 5.74) is 0. The monoisotopic (exact) mass is 255 g/mol. The Kier molecular flexibility index (Phi) is 5.27. The molecule has 1 saturated heterocycles. The van der Waals surface area contributed by atoms with Crippen molar-refractivity contribution in [2.24, 2.45) is 0 Å². The maximum absolute atomic E-state index is 11.7. The first-order valence-electron chi connectivity index (χ1n) is 6.28. The first kappa shape index (κ1) is 14.6. The maximum Gasteiger partial charge on any atom is 0.246 e. The molecule has 6 heteroatoms. The fourth-order valence-electron chi connectivity index (χ4n) is 1.75. The molecule has 0 aromatic carbocycles. The molecule has 2 unspecified atom stereocenters. The zero-order chi connectivity index (χ0) is 13.7. The number of hydrogen-bond donors (Lipinski definition) is 2. The van der Waals surface area contributed by atoms with Gasteiger partial charge in [0.05, 0.1) is 12.6 Å². The molecule has 2 atom stereocenters. The highest BCUT2D eigenvalue weighted by Crippen LogP contribution is 2.10. The lowest BCUT2D eigenvalue weighted by Crippen LogP contribution is -2.53. The molecule has 0 aromatic heterocycles. The van der Waals surface area contributed by atoms with Gasteiger partial charge in [-0.3, -0.25) is 24.6 Å². The third-order valence-electron chi connectivity index (χ3n) is 3.18. The van der Waals surface area contributed by atoms with Crippen molar-refractivity contribution in [3.8, 4) is 0 Å². The van der Waals surface area contributed by atoms with E-state index in [1.54, 1.807) is 0 Å². The Bertz CT molecular complexity index is 343. The van der Waals surface area contributed by atoms with E-state index in [1.807, 2.05) is 13.8 Å². The first-order valence-corrected chi connectivity index (χ1v) is 6.28. The van der Waals surface area contributed by atoms with E-state index in [1.165, 1.54) is 7.05 Å². The SMILES string of the molecule is CCC(C)NC(=O)CNC1CCC(=O)N(C)C1=O. The molecule has 6 nitrogen and oxygen atoms in total. The van der Waals surface area contributed by atoms with E-state index in [0.29, 0.717) is 12.8 Å². The van der Waals surface area contributed by atoms with Crippen LogP contribution >= 0.6 is 0 Å². The molecule has 1 aliphatic rings. The number of carbonyl (C=O) groups is 3. The number of nitrogens with zero attached hydrogens (tertiary/aromatic N) is 1. The third-order valence-corrected chi connectivity index (χ3v) is 3.18. The summed E-state index contributed by atoms with van der Waals surface area (Å²) in [6.07, 6.45) is 1.66. The number of amides is 3. The zero-order valence-electron chi connectivity index (χ0n) is 11.2. The van der Waals surface area contributed by atoms with Crippen LogP contribution in [0.4, 0.5) is 0 Å². The molecule has 0 spiro atoms. The highest BCUT2D eigenvalue weighted by molar-refractivity contribution is 6.00. The van der Waals surface area contributed by atoms with Crippen molar-refractivity contribution in [1.29, 1.82) is 0 Å². The van der Waals surface area contributed by atoms with Crippen LogP contribution in [0.2, 0.25) is 0 Å². The van der Waals surface area contributed by atoms with Crippen molar-refractivity contribution in [3.05, 3.63) is 0 Å². The molecule has 0 saturated carbocycles. The van der Waals surface area contributed by atoms with E-state index in [2.05, 4.69) is 10.6 Å². The van der Waals surface area contributed by atoms with Gasteiger partial charge in [0.15, 0.2) is 0 Å². The molecule has 1 heterocycles. The molecule has 18 heavy (non-hydrogen) atoms. The second-order valence-electron chi connectivity index (χ2n) is 4.64. The van der Waals surface area contributed by atoms with Gasteiger partial charge < -0.3 is 5.32 Å². The number of likely N-dealkylation sites (N-methyl/N-ethyl adjacent to an activating group) is 1. The normalized spacial score (nSPS) is 21.9. The molecule has 3 amide bonds. The molecule has 0 radical (unpaired) electrons. The Balaban J connectivity index is 2.37. The highest BCUT2D eigenvalue weighted by Gasteiger charge is 2.31. The zero-order valence-corrected chi connectivity index (χ0v) is 11.2. The molecule has 2 N–H and O–H groups in total. The van der Waals surface area contributed by atoms with Crippen molar-refractivity contribution in [2.75, 3.05) is 13.6 Å². The van der Waals surface area contributed by atoms with Gasteiger partial charge in [-0.1, -0.05) is 6.92 Å². The van der Waals surface area contributed by atoms with Crippen LogP contribution in [0.5, 0.6) is 0 Å². The number of piperidine rings is 1. The Hall–Kier alpha value is -1.43. The largest absolute Gasteiger partial charge is 0.353 e. The lowest BCUT2D eigenvalue weighted by molar-refractivity contribution is -0.148. The predicted molar refractivity (Wildman–Crippen MR) is 66.7 cm³/mol. The van der Waals surface area contributed by atoms with Crippen LogP contribution in [0.15, 0.2) is 0 Å². The Morgan fingerprint density at radius 1 is 1.50 bits per heavy atom. The van der Waals surface area contributed by atoms with E-state index in [9.17, 15) is 14.4 Å². The summed E-state index contributed by atoms with van der Waals surface area (Å²) in [5.74, 6) is -0.554. The van der Waals surface area contributed by atoms with Gasteiger partial charge in [0, 0.05) is 19.5 Å². The van der Waals surface area contributed by atoms with Gasteiger partial charge in [-0.2, -0.15) is 0 Å². The number of rotatable bonds is 5. The molecular weight excluding hydrogens is 234 g/mol. The number of imide groups is 1. The number of likely N-dealkylation sites (tertiary alicyclic amines) is 1. The summed E-state index contributed by atoms with van der Waals surface area (Å²) in [6, 6.07) is -0.305. The Labute approximate surface area is 107 Å². The van der Waals surface area contributed by atoms with Crippen LogP contribution in [0, 0.1) is 0 Å². The van der Waals surface area contributed by atoms with Gasteiger partial charge >= 0.3 is 0 Å². The predicted octanol–water partition coefficient (Wildman–Crippen LogP) is -0.362. The highest BCUT2D eigenvalue weighted by atomic mass is 16.2. The van der Waals surface area contributed by atoms with Gasteiger partial charge in [-0.15, -0.1) is 0 Å². The minimum Gasteiger partial charge on any atom is -0.353 e. The van der Waals surface area contributed by atoms with Gasteiger partial charge in [-0.25, -0.2) is 0 Å². The van der Waals surface area contributed by atoms with Crippen molar-refractivity contribution in [3.63, 3.8) is 0 Å². The van der Waals surface area contributed by atoms with E-state index in [0.717, 1.165) is 11.3 Å². The van der Waals surface area contributed by atoms with E-state index >= 15 is 0 Å². The molecule has 1 rings (SSSR count). The van der Waals surface area contributed by atoms with Crippen molar-refractivity contribution in [2.45, 2.75) is 45.2 Å². The summed E-state index contributed by atoms with van der Waals surface area (Å²) in [6.45, 7) is 4.02. The topological polar surface area (TPSA) is 78.5 Å². The molecule has 0 bridgehead atoms.